The number of rotatable bonds is 5. The van der Waals surface area contributed by atoms with Crippen LogP contribution in [0.1, 0.15) is 17.3 Å². The Hall–Kier alpha value is -2.84. The molecule has 9 heteroatoms. The number of halogens is 1. The van der Waals surface area contributed by atoms with E-state index in [1.54, 1.807) is 24.4 Å². The van der Waals surface area contributed by atoms with Gasteiger partial charge in [-0.25, -0.2) is 0 Å². The van der Waals surface area contributed by atoms with Gasteiger partial charge in [0.15, 0.2) is 0 Å². The molecule has 1 amide bonds. The van der Waals surface area contributed by atoms with E-state index in [1.165, 1.54) is 0 Å². The number of H-pyrrole nitrogens is 1. The Labute approximate surface area is 173 Å². The third-order valence-corrected chi connectivity index (χ3v) is 5.23. The van der Waals surface area contributed by atoms with E-state index in [4.69, 9.17) is 16.3 Å². The van der Waals surface area contributed by atoms with E-state index in [-0.39, 0.29) is 5.91 Å². The highest BCUT2D eigenvalue weighted by Crippen LogP contribution is 2.29. The van der Waals surface area contributed by atoms with Gasteiger partial charge in [0.1, 0.15) is 5.65 Å². The van der Waals surface area contributed by atoms with Crippen molar-refractivity contribution < 1.29 is 9.53 Å². The zero-order chi connectivity index (χ0) is 20.4. The number of hydrogen-bond acceptors (Lipinski definition) is 6. The van der Waals surface area contributed by atoms with E-state index in [0.29, 0.717) is 40.4 Å². The molecule has 1 aliphatic heterocycles. The van der Waals surface area contributed by atoms with Crippen LogP contribution in [0.5, 0.6) is 5.88 Å². The molecule has 2 N–H and O–H groups in total. The van der Waals surface area contributed by atoms with E-state index >= 15 is 0 Å². The number of carbonyl (C=O) groups is 1. The van der Waals surface area contributed by atoms with Crippen molar-refractivity contribution in [1.82, 2.24) is 24.8 Å². The maximum atomic E-state index is 12.7. The smallest absolute Gasteiger partial charge is 0.253 e. The van der Waals surface area contributed by atoms with Gasteiger partial charge in [0.25, 0.3) is 5.91 Å². The lowest BCUT2D eigenvalue weighted by Gasteiger charge is -2.32. The van der Waals surface area contributed by atoms with Gasteiger partial charge in [0.2, 0.25) is 11.8 Å². The molecule has 3 aromatic rings. The van der Waals surface area contributed by atoms with Crippen LogP contribution >= 0.6 is 11.6 Å². The third-order valence-electron chi connectivity index (χ3n) is 4.91. The fraction of sp³-hybridized carbons (Fsp3) is 0.350. The molecule has 29 heavy (non-hydrogen) atoms. The van der Waals surface area contributed by atoms with Gasteiger partial charge < -0.3 is 24.8 Å². The van der Waals surface area contributed by atoms with Crippen molar-refractivity contribution in [3.05, 3.63) is 41.0 Å². The molecule has 8 nitrogen and oxygen atoms in total. The van der Waals surface area contributed by atoms with Crippen LogP contribution in [-0.4, -0.2) is 70.5 Å². The fourth-order valence-corrected chi connectivity index (χ4v) is 3.51. The number of aromatic amines is 1. The summed E-state index contributed by atoms with van der Waals surface area (Å²) >= 11 is 6.45. The average Bonchev–Trinajstić information content (AvgIpc) is 3.19. The molecule has 152 valence electrons. The quantitative estimate of drug-likeness (QED) is 0.667. The van der Waals surface area contributed by atoms with Crippen molar-refractivity contribution in [2.45, 2.75) is 6.92 Å². The summed E-state index contributed by atoms with van der Waals surface area (Å²) in [6, 6.07) is 7.09. The summed E-state index contributed by atoms with van der Waals surface area (Å²) in [4.78, 5) is 28.8. The van der Waals surface area contributed by atoms with Gasteiger partial charge in [-0.3, -0.25) is 4.79 Å². The molecule has 0 spiro atoms. The maximum Gasteiger partial charge on any atom is 0.253 e. The standard InChI is InChI=1S/C20H23ClN6O2/c1-3-29-18-14-6-7-22-17(14)24-20(25-18)23-16-5-4-13(12-15(16)21)19(28)27-10-8-26(2)9-11-27/h4-7,12H,3,8-11H2,1-2H3,(H2,22,23,24,25). The second-order valence-corrected chi connectivity index (χ2v) is 7.35. The van der Waals surface area contributed by atoms with Crippen LogP contribution < -0.4 is 10.1 Å². The van der Waals surface area contributed by atoms with Gasteiger partial charge in [0.05, 0.1) is 22.7 Å². The topological polar surface area (TPSA) is 86.4 Å². The number of likely N-dealkylation sites (N-methyl/N-ethyl adjacent to an activating group) is 1. The summed E-state index contributed by atoms with van der Waals surface area (Å²) < 4.78 is 5.61. The minimum atomic E-state index is -0.00534. The number of anilines is 2. The molecule has 0 atom stereocenters. The number of fused-ring (bicyclic) bond motifs is 1. The predicted octanol–water partition coefficient (Wildman–Crippen LogP) is 3.14. The largest absolute Gasteiger partial charge is 0.477 e. The number of carbonyl (C=O) groups excluding carboxylic acids is 1. The van der Waals surface area contributed by atoms with E-state index in [9.17, 15) is 4.79 Å². The fourth-order valence-electron chi connectivity index (χ4n) is 3.28. The minimum Gasteiger partial charge on any atom is -0.477 e. The molecular weight excluding hydrogens is 392 g/mol. The van der Waals surface area contributed by atoms with Gasteiger partial charge in [0, 0.05) is 37.9 Å². The summed E-state index contributed by atoms with van der Waals surface area (Å²) in [7, 11) is 2.06. The molecule has 1 aromatic carbocycles. The average molecular weight is 415 g/mol. The summed E-state index contributed by atoms with van der Waals surface area (Å²) in [5.41, 5.74) is 1.86. The summed E-state index contributed by atoms with van der Waals surface area (Å²) in [6.07, 6.45) is 1.79. The molecule has 0 aliphatic carbocycles. The number of piperazine rings is 1. The molecule has 4 rings (SSSR count). The highest BCUT2D eigenvalue weighted by Gasteiger charge is 2.21. The van der Waals surface area contributed by atoms with Crippen LogP contribution in [0.4, 0.5) is 11.6 Å². The number of ether oxygens (including phenoxy) is 1. The first-order chi connectivity index (χ1) is 14.0. The Morgan fingerprint density at radius 1 is 1.24 bits per heavy atom. The lowest BCUT2D eigenvalue weighted by Crippen LogP contribution is -2.47. The van der Waals surface area contributed by atoms with Crippen molar-refractivity contribution in [1.29, 1.82) is 0 Å². The van der Waals surface area contributed by atoms with Gasteiger partial charge in [-0.05, 0) is 38.2 Å². The molecule has 1 aliphatic rings. The normalized spacial score (nSPS) is 14.9. The zero-order valence-electron chi connectivity index (χ0n) is 16.4. The van der Waals surface area contributed by atoms with Crippen LogP contribution in [0.25, 0.3) is 11.0 Å². The zero-order valence-corrected chi connectivity index (χ0v) is 17.2. The van der Waals surface area contributed by atoms with E-state index in [1.807, 2.05) is 17.9 Å². The second kappa shape index (κ2) is 8.26. The van der Waals surface area contributed by atoms with Crippen LogP contribution in [0, 0.1) is 0 Å². The van der Waals surface area contributed by atoms with E-state index in [0.717, 1.165) is 31.6 Å². The number of hydrogen-bond donors (Lipinski definition) is 2. The lowest BCUT2D eigenvalue weighted by atomic mass is 10.1. The molecular formula is C20H23ClN6O2. The van der Waals surface area contributed by atoms with Crippen molar-refractivity contribution >= 4 is 40.2 Å². The van der Waals surface area contributed by atoms with Crippen LogP contribution in [-0.2, 0) is 0 Å². The highest BCUT2D eigenvalue weighted by molar-refractivity contribution is 6.33. The Balaban J connectivity index is 1.54. The Morgan fingerprint density at radius 2 is 2.03 bits per heavy atom. The van der Waals surface area contributed by atoms with Crippen molar-refractivity contribution in [2.75, 3.05) is 45.2 Å². The van der Waals surface area contributed by atoms with E-state index in [2.05, 4.69) is 32.2 Å². The van der Waals surface area contributed by atoms with Crippen molar-refractivity contribution in [3.63, 3.8) is 0 Å². The van der Waals surface area contributed by atoms with Gasteiger partial charge in [-0.2, -0.15) is 9.97 Å². The molecule has 0 unspecified atom stereocenters. The Kier molecular flexibility index (Phi) is 5.55. The summed E-state index contributed by atoms with van der Waals surface area (Å²) in [5, 5.41) is 4.36. The molecule has 0 radical (unpaired) electrons. The molecule has 3 heterocycles. The second-order valence-electron chi connectivity index (χ2n) is 6.94. The molecule has 2 aromatic heterocycles. The molecule has 1 fully saturated rings. The molecule has 0 bridgehead atoms. The number of amides is 1. The first-order valence-corrected chi connectivity index (χ1v) is 9.95. The number of nitrogens with zero attached hydrogens (tertiary/aromatic N) is 4. The van der Waals surface area contributed by atoms with Gasteiger partial charge >= 0.3 is 0 Å². The van der Waals surface area contributed by atoms with Gasteiger partial charge in [-0.1, -0.05) is 11.6 Å². The van der Waals surface area contributed by atoms with E-state index < -0.39 is 0 Å². The highest BCUT2D eigenvalue weighted by atomic mass is 35.5. The molecule has 0 saturated carbocycles. The van der Waals surface area contributed by atoms with Crippen molar-refractivity contribution in [2.24, 2.45) is 0 Å². The Morgan fingerprint density at radius 3 is 2.76 bits per heavy atom. The SMILES string of the molecule is CCOc1nc(Nc2ccc(C(=O)N3CCN(C)CC3)cc2Cl)nc2[nH]ccc12. The Bertz CT molecular complexity index is 1030. The monoisotopic (exact) mass is 414 g/mol. The van der Waals surface area contributed by atoms with Crippen LogP contribution in [0.15, 0.2) is 30.5 Å². The minimum absolute atomic E-state index is 0.00534. The number of aromatic nitrogens is 3. The van der Waals surface area contributed by atoms with Crippen LogP contribution in [0.2, 0.25) is 5.02 Å². The third kappa shape index (κ3) is 4.13. The maximum absolute atomic E-state index is 12.7. The summed E-state index contributed by atoms with van der Waals surface area (Å²) in [5.74, 6) is 0.858. The lowest BCUT2D eigenvalue weighted by molar-refractivity contribution is 0.0664. The number of nitrogens with one attached hydrogen (secondary N) is 2. The van der Waals surface area contributed by atoms with Crippen LogP contribution in [0.3, 0.4) is 0 Å². The van der Waals surface area contributed by atoms with Gasteiger partial charge in [-0.15, -0.1) is 0 Å². The number of benzene rings is 1. The first-order valence-electron chi connectivity index (χ1n) is 9.57. The predicted molar refractivity (Wildman–Crippen MR) is 113 cm³/mol. The summed E-state index contributed by atoms with van der Waals surface area (Å²) in [6.45, 7) is 5.59. The first kappa shape index (κ1) is 19.5. The molecule has 1 saturated heterocycles. The van der Waals surface area contributed by atoms with Crippen molar-refractivity contribution in [3.8, 4) is 5.88 Å².